The molecule has 9 N–H and O–H groups in total. The van der Waals surface area contributed by atoms with Gasteiger partial charge in [-0.05, 0) is 30.1 Å². The summed E-state index contributed by atoms with van der Waals surface area (Å²) in [4.78, 5) is 64.4. The van der Waals surface area contributed by atoms with Crippen molar-refractivity contribution in [1.82, 2.24) is 20.9 Å². The van der Waals surface area contributed by atoms with Crippen LogP contribution in [0.15, 0.2) is 30.5 Å². The van der Waals surface area contributed by atoms with E-state index in [0.717, 1.165) is 16.5 Å². The molecular formula is C23H32N6O6S2. The second-order valence-corrected chi connectivity index (χ2v) is 9.68. The van der Waals surface area contributed by atoms with Crippen molar-refractivity contribution in [1.29, 1.82) is 0 Å². The first-order valence-corrected chi connectivity index (χ1v) is 13.4. The SMILES string of the molecule is CSCCC(NC(=O)C(CS)NC(=O)C(Cc1c[nH]c2ccccc12)NC(=O)C(N)CC(N)=O)C(=O)O. The maximum Gasteiger partial charge on any atom is 0.326 e. The number of thiol groups is 1. The summed E-state index contributed by atoms with van der Waals surface area (Å²) in [6, 6.07) is 2.62. The van der Waals surface area contributed by atoms with Crippen LogP contribution < -0.4 is 27.4 Å². The summed E-state index contributed by atoms with van der Waals surface area (Å²) in [7, 11) is 0. The molecule has 4 amide bonds. The van der Waals surface area contributed by atoms with Gasteiger partial charge in [0.15, 0.2) is 0 Å². The molecule has 2 rings (SSSR count). The average molecular weight is 553 g/mol. The van der Waals surface area contributed by atoms with Crippen molar-refractivity contribution in [2.45, 2.75) is 43.4 Å². The molecule has 4 atom stereocenters. The lowest BCUT2D eigenvalue weighted by atomic mass is 10.0. The van der Waals surface area contributed by atoms with E-state index in [1.807, 2.05) is 30.5 Å². The summed E-state index contributed by atoms with van der Waals surface area (Å²) in [6.07, 6.45) is 3.34. The standard InChI is InChI=1S/C23H32N6O6S2/c1-37-7-6-16(23(34)35)27-22(33)18(11-36)29-21(32)17(28-20(31)14(24)9-19(25)30)8-12-10-26-15-5-3-2-4-13(12)15/h2-5,10,14,16-18,26,36H,6-9,11,24H2,1H3,(H2,25,30)(H,27,33)(H,28,31)(H,29,32)(H,34,35). The van der Waals surface area contributed by atoms with Gasteiger partial charge in [-0.1, -0.05) is 18.2 Å². The van der Waals surface area contributed by atoms with Crippen LogP contribution in [0.3, 0.4) is 0 Å². The quantitative estimate of drug-likeness (QED) is 0.130. The second-order valence-electron chi connectivity index (χ2n) is 8.33. The van der Waals surface area contributed by atoms with Crippen molar-refractivity contribution < 1.29 is 29.1 Å². The molecule has 0 saturated carbocycles. The number of benzene rings is 1. The van der Waals surface area contributed by atoms with Crippen molar-refractivity contribution in [3.63, 3.8) is 0 Å². The Balaban J connectivity index is 2.22. The van der Waals surface area contributed by atoms with Gasteiger partial charge in [-0.3, -0.25) is 19.2 Å². The average Bonchev–Trinajstić information content (AvgIpc) is 3.26. The summed E-state index contributed by atoms with van der Waals surface area (Å²) in [6.45, 7) is 0. The van der Waals surface area contributed by atoms with Crippen molar-refractivity contribution in [3.8, 4) is 0 Å². The molecule has 12 nitrogen and oxygen atoms in total. The van der Waals surface area contributed by atoms with Crippen LogP contribution in [0.5, 0.6) is 0 Å². The molecular weight excluding hydrogens is 520 g/mol. The number of primary amides is 1. The van der Waals surface area contributed by atoms with Gasteiger partial charge in [-0.15, -0.1) is 0 Å². The Morgan fingerprint density at radius 3 is 2.27 bits per heavy atom. The van der Waals surface area contributed by atoms with E-state index in [-0.39, 0.29) is 18.6 Å². The fraction of sp³-hybridized carbons (Fsp3) is 0.435. The summed E-state index contributed by atoms with van der Waals surface area (Å²) in [5, 5.41) is 17.7. The number of carbonyl (C=O) groups excluding carboxylic acids is 4. The highest BCUT2D eigenvalue weighted by Gasteiger charge is 2.30. The van der Waals surface area contributed by atoms with Gasteiger partial charge in [0.1, 0.15) is 18.1 Å². The zero-order valence-corrected chi connectivity index (χ0v) is 21.9. The number of para-hydroxylation sites is 1. The first-order chi connectivity index (χ1) is 17.6. The minimum absolute atomic E-state index is 0.0390. The number of hydrogen-bond acceptors (Lipinski definition) is 8. The molecule has 4 unspecified atom stereocenters. The van der Waals surface area contributed by atoms with Gasteiger partial charge in [-0.25, -0.2) is 4.79 Å². The number of carbonyl (C=O) groups is 5. The Labute approximate surface area is 223 Å². The third-order valence-corrected chi connectivity index (χ3v) is 6.54. The lowest BCUT2D eigenvalue weighted by molar-refractivity contribution is -0.142. The normalized spacial score (nSPS) is 14.2. The number of rotatable bonds is 15. The molecule has 0 saturated heterocycles. The van der Waals surface area contributed by atoms with E-state index >= 15 is 0 Å². The van der Waals surface area contributed by atoms with Crippen LogP contribution in [0, 0.1) is 0 Å². The number of nitrogens with two attached hydrogens (primary N) is 2. The van der Waals surface area contributed by atoms with Crippen LogP contribution in [0.2, 0.25) is 0 Å². The number of thioether (sulfide) groups is 1. The summed E-state index contributed by atoms with van der Waals surface area (Å²) in [5.41, 5.74) is 12.4. The Kier molecular flexibility index (Phi) is 11.8. The zero-order chi connectivity index (χ0) is 27.5. The molecule has 0 spiro atoms. The molecule has 0 bridgehead atoms. The number of aliphatic carboxylic acids is 1. The monoisotopic (exact) mass is 552 g/mol. The molecule has 14 heteroatoms. The minimum atomic E-state index is -1.27. The maximum atomic E-state index is 13.2. The van der Waals surface area contributed by atoms with Crippen LogP contribution in [-0.2, 0) is 30.4 Å². The lowest BCUT2D eigenvalue weighted by Crippen LogP contribution is -2.58. The van der Waals surface area contributed by atoms with Gasteiger partial charge in [0.25, 0.3) is 0 Å². The van der Waals surface area contributed by atoms with E-state index < -0.39 is 60.2 Å². The van der Waals surface area contributed by atoms with Gasteiger partial charge in [0.05, 0.1) is 12.5 Å². The molecule has 37 heavy (non-hydrogen) atoms. The van der Waals surface area contributed by atoms with E-state index in [9.17, 15) is 29.1 Å². The van der Waals surface area contributed by atoms with Crippen molar-refractivity contribution in [3.05, 3.63) is 36.0 Å². The number of aromatic amines is 1. The van der Waals surface area contributed by atoms with Gasteiger partial charge in [0, 0.05) is 29.3 Å². The number of aromatic nitrogens is 1. The fourth-order valence-corrected chi connectivity index (χ4v) is 4.28. The first-order valence-electron chi connectivity index (χ1n) is 11.4. The van der Waals surface area contributed by atoms with Crippen molar-refractivity contribution >= 4 is 64.9 Å². The molecule has 0 aliphatic heterocycles. The van der Waals surface area contributed by atoms with Crippen LogP contribution in [0.25, 0.3) is 10.9 Å². The van der Waals surface area contributed by atoms with Gasteiger partial charge in [-0.2, -0.15) is 24.4 Å². The predicted molar refractivity (Wildman–Crippen MR) is 144 cm³/mol. The van der Waals surface area contributed by atoms with E-state index in [2.05, 4.69) is 33.6 Å². The number of carboxylic acids is 1. The predicted octanol–water partition coefficient (Wildman–Crippen LogP) is -0.865. The summed E-state index contributed by atoms with van der Waals surface area (Å²) >= 11 is 5.57. The van der Waals surface area contributed by atoms with Crippen LogP contribution >= 0.6 is 24.4 Å². The Bertz CT molecular complexity index is 1130. The Morgan fingerprint density at radius 1 is 1.03 bits per heavy atom. The highest BCUT2D eigenvalue weighted by atomic mass is 32.2. The molecule has 2 aromatic rings. The number of H-pyrrole nitrogens is 1. The fourth-order valence-electron chi connectivity index (χ4n) is 3.55. The highest BCUT2D eigenvalue weighted by molar-refractivity contribution is 7.98. The van der Waals surface area contributed by atoms with Gasteiger partial charge < -0.3 is 37.5 Å². The third-order valence-electron chi connectivity index (χ3n) is 5.53. The molecule has 0 radical (unpaired) electrons. The van der Waals surface area contributed by atoms with Crippen molar-refractivity contribution in [2.75, 3.05) is 17.8 Å². The highest BCUT2D eigenvalue weighted by Crippen LogP contribution is 2.19. The Hall–Kier alpha value is -3.23. The first kappa shape index (κ1) is 30.0. The number of carboxylic acid groups (broad SMARTS) is 1. The number of nitrogens with one attached hydrogen (secondary N) is 4. The van der Waals surface area contributed by atoms with E-state index in [4.69, 9.17) is 11.5 Å². The maximum absolute atomic E-state index is 13.2. The smallest absolute Gasteiger partial charge is 0.326 e. The van der Waals surface area contributed by atoms with Gasteiger partial charge in [0.2, 0.25) is 23.6 Å². The van der Waals surface area contributed by atoms with Crippen molar-refractivity contribution in [2.24, 2.45) is 11.5 Å². The lowest BCUT2D eigenvalue weighted by Gasteiger charge is -2.24. The molecule has 0 fully saturated rings. The Morgan fingerprint density at radius 2 is 1.65 bits per heavy atom. The molecule has 1 heterocycles. The topological polar surface area (TPSA) is 210 Å². The van der Waals surface area contributed by atoms with Crippen LogP contribution in [0.4, 0.5) is 0 Å². The number of fused-ring (bicyclic) bond motifs is 1. The largest absolute Gasteiger partial charge is 0.480 e. The second kappa shape index (κ2) is 14.5. The minimum Gasteiger partial charge on any atom is -0.480 e. The number of amides is 4. The van der Waals surface area contributed by atoms with E-state index in [0.29, 0.717) is 5.75 Å². The van der Waals surface area contributed by atoms with Crippen LogP contribution in [0.1, 0.15) is 18.4 Å². The molecule has 0 aliphatic rings. The molecule has 1 aromatic heterocycles. The number of hydrogen-bond donors (Lipinski definition) is 8. The summed E-state index contributed by atoms with van der Waals surface area (Å²) in [5.74, 6) is -3.79. The van der Waals surface area contributed by atoms with Crippen LogP contribution in [-0.4, -0.2) is 81.6 Å². The van der Waals surface area contributed by atoms with Gasteiger partial charge >= 0.3 is 5.97 Å². The third kappa shape index (κ3) is 8.98. The van der Waals surface area contributed by atoms with E-state index in [1.54, 1.807) is 6.20 Å². The molecule has 1 aromatic carbocycles. The molecule has 0 aliphatic carbocycles. The zero-order valence-electron chi connectivity index (χ0n) is 20.2. The summed E-state index contributed by atoms with van der Waals surface area (Å²) < 4.78 is 0. The van der Waals surface area contributed by atoms with E-state index in [1.165, 1.54) is 11.8 Å². The molecule has 202 valence electrons.